The van der Waals surface area contributed by atoms with Gasteiger partial charge in [0.1, 0.15) is 0 Å². The van der Waals surface area contributed by atoms with Crippen LogP contribution in [0.3, 0.4) is 0 Å². The van der Waals surface area contributed by atoms with E-state index >= 15 is 0 Å². The summed E-state index contributed by atoms with van der Waals surface area (Å²) >= 11 is 0. The average molecular weight is 264 g/mol. The molecule has 106 valence electrons. The SMILES string of the molecule is COCC(Nc1cc(NC(C)=O)ccc1C)C(C)C. The van der Waals surface area contributed by atoms with Gasteiger partial charge in [-0.05, 0) is 30.5 Å². The zero-order valence-electron chi connectivity index (χ0n) is 12.4. The first-order chi connectivity index (χ1) is 8.93. The Morgan fingerprint density at radius 3 is 2.58 bits per heavy atom. The third-order valence-electron chi connectivity index (χ3n) is 3.05. The summed E-state index contributed by atoms with van der Waals surface area (Å²) in [5, 5.41) is 6.28. The standard InChI is InChI=1S/C15H24N2O2/c1-10(2)15(9-19-5)17-14-8-13(16-12(4)18)7-6-11(14)3/h6-8,10,15,17H,9H2,1-5H3,(H,16,18). The Bertz CT molecular complexity index is 430. The molecule has 0 heterocycles. The molecular weight excluding hydrogens is 240 g/mol. The van der Waals surface area contributed by atoms with Gasteiger partial charge in [-0.25, -0.2) is 0 Å². The molecule has 4 nitrogen and oxygen atoms in total. The van der Waals surface area contributed by atoms with Gasteiger partial charge in [0.25, 0.3) is 0 Å². The number of carbonyl (C=O) groups is 1. The predicted molar refractivity (Wildman–Crippen MR) is 79.6 cm³/mol. The van der Waals surface area contributed by atoms with E-state index in [-0.39, 0.29) is 11.9 Å². The van der Waals surface area contributed by atoms with Crippen LogP contribution in [0.25, 0.3) is 0 Å². The zero-order valence-corrected chi connectivity index (χ0v) is 12.4. The van der Waals surface area contributed by atoms with Crippen molar-refractivity contribution in [3.63, 3.8) is 0 Å². The molecule has 19 heavy (non-hydrogen) atoms. The van der Waals surface area contributed by atoms with Gasteiger partial charge in [0.2, 0.25) is 5.91 Å². The number of amides is 1. The molecule has 1 aromatic rings. The van der Waals surface area contributed by atoms with Crippen LogP contribution in [-0.4, -0.2) is 25.7 Å². The van der Waals surface area contributed by atoms with Gasteiger partial charge >= 0.3 is 0 Å². The lowest BCUT2D eigenvalue weighted by atomic mass is 10.0. The lowest BCUT2D eigenvalue weighted by Crippen LogP contribution is -2.30. The van der Waals surface area contributed by atoms with Crippen LogP contribution in [0.2, 0.25) is 0 Å². The highest BCUT2D eigenvalue weighted by atomic mass is 16.5. The van der Waals surface area contributed by atoms with Gasteiger partial charge in [0.15, 0.2) is 0 Å². The lowest BCUT2D eigenvalue weighted by molar-refractivity contribution is -0.114. The number of carbonyl (C=O) groups excluding carboxylic acids is 1. The molecular formula is C15H24N2O2. The number of rotatable bonds is 6. The average Bonchev–Trinajstić information content (AvgIpc) is 2.31. The summed E-state index contributed by atoms with van der Waals surface area (Å²) in [4.78, 5) is 11.1. The number of benzene rings is 1. The molecule has 0 aromatic heterocycles. The van der Waals surface area contributed by atoms with Crippen LogP contribution in [-0.2, 0) is 9.53 Å². The van der Waals surface area contributed by atoms with Crippen molar-refractivity contribution in [1.29, 1.82) is 0 Å². The van der Waals surface area contributed by atoms with E-state index in [1.807, 2.05) is 25.1 Å². The summed E-state index contributed by atoms with van der Waals surface area (Å²) in [6, 6.07) is 6.11. The molecule has 0 saturated heterocycles. The molecule has 0 saturated carbocycles. The molecule has 0 radical (unpaired) electrons. The van der Waals surface area contributed by atoms with Gasteiger partial charge in [-0.1, -0.05) is 19.9 Å². The van der Waals surface area contributed by atoms with Crippen LogP contribution in [0.1, 0.15) is 26.3 Å². The zero-order chi connectivity index (χ0) is 14.4. The second-order valence-corrected chi connectivity index (χ2v) is 5.16. The van der Waals surface area contributed by atoms with Gasteiger partial charge in [-0.2, -0.15) is 0 Å². The molecule has 0 fully saturated rings. The number of anilines is 2. The van der Waals surface area contributed by atoms with Gasteiger partial charge < -0.3 is 15.4 Å². The van der Waals surface area contributed by atoms with Gasteiger partial charge in [0.05, 0.1) is 12.6 Å². The van der Waals surface area contributed by atoms with Gasteiger partial charge in [0, 0.05) is 25.4 Å². The minimum Gasteiger partial charge on any atom is -0.383 e. The van der Waals surface area contributed by atoms with Crippen molar-refractivity contribution in [1.82, 2.24) is 0 Å². The number of hydrogen-bond acceptors (Lipinski definition) is 3. The van der Waals surface area contributed by atoms with E-state index in [0.717, 1.165) is 16.9 Å². The third-order valence-corrected chi connectivity index (χ3v) is 3.05. The van der Waals surface area contributed by atoms with Crippen LogP contribution < -0.4 is 10.6 Å². The van der Waals surface area contributed by atoms with Gasteiger partial charge in [-0.3, -0.25) is 4.79 Å². The molecule has 0 bridgehead atoms. The van der Waals surface area contributed by atoms with E-state index in [2.05, 4.69) is 24.5 Å². The minimum absolute atomic E-state index is 0.0629. The number of ether oxygens (including phenoxy) is 1. The van der Waals surface area contributed by atoms with Crippen molar-refractivity contribution in [2.45, 2.75) is 33.7 Å². The van der Waals surface area contributed by atoms with Crippen molar-refractivity contribution >= 4 is 17.3 Å². The Hall–Kier alpha value is -1.55. The Labute approximate surface area is 115 Å². The predicted octanol–water partition coefficient (Wildman–Crippen LogP) is 3.04. The molecule has 1 atom stereocenters. The molecule has 0 aliphatic heterocycles. The van der Waals surface area contributed by atoms with Crippen LogP contribution in [0.15, 0.2) is 18.2 Å². The summed E-state index contributed by atoms with van der Waals surface area (Å²) in [5.74, 6) is 0.399. The largest absolute Gasteiger partial charge is 0.383 e. The summed E-state index contributed by atoms with van der Waals surface area (Å²) in [5.41, 5.74) is 2.98. The second-order valence-electron chi connectivity index (χ2n) is 5.16. The summed E-state index contributed by atoms with van der Waals surface area (Å²) in [6.45, 7) is 8.52. The lowest BCUT2D eigenvalue weighted by Gasteiger charge is -2.24. The summed E-state index contributed by atoms with van der Waals surface area (Å²) in [6.07, 6.45) is 0. The van der Waals surface area contributed by atoms with Crippen molar-refractivity contribution in [2.75, 3.05) is 24.4 Å². The number of hydrogen-bond donors (Lipinski definition) is 2. The fourth-order valence-electron chi connectivity index (χ4n) is 1.84. The molecule has 0 aliphatic rings. The fraction of sp³-hybridized carbons (Fsp3) is 0.533. The minimum atomic E-state index is -0.0629. The van der Waals surface area contributed by atoms with Crippen LogP contribution in [0, 0.1) is 12.8 Å². The molecule has 1 aromatic carbocycles. The van der Waals surface area contributed by atoms with E-state index in [1.165, 1.54) is 6.92 Å². The van der Waals surface area contributed by atoms with Gasteiger partial charge in [-0.15, -0.1) is 0 Å². The highest BCUT2D eigenvalue weighted by molar-refractivity contribution is 5.89. The maximum absolute atomic E-state index is 11.1. The second kappa shape index (κ2) is 7.14. The van der Waals surface area contributed by atoms with E-state index < -0.39 is 0 Å². The van der Waals surface area contributed by atoms with E-state index in [9.17, 15) is 4.79 Å². The third kappa shape index (κ3) is 4.91. The Morgan fingerprint density at radius 2 is 2.05 bits per heavy atom. The quantitative estimate of drug-likeness (QED) is 0.830. The fourth-order valence-corrected chi connectivity index (χ4v) is 1.84. The topological polar surface area (TPSA) is 50.4 Å². The van der Waals surface area contributed by atoms with Crippen molar-refractivity contribution in [2.24, 2.45) is 5.92 Å². The number of aryl methyl sites for hydroxylation is 1. The normalized spacial score (nSPS) is 12.3. The van der Waals surface area contributed by atoms with Crippen molar-refractivity contribution in [3.05, 3.63) is 23.8 Å². The summed E-state index contributed by atoms with van der Waals surface area (Å²) in [7, 11) is 1.71. The van der Waals surface area contributed by atoms with Crippen molar-refractivity contribution < 1.29 is 9.53 Å². The smallest absolute Gasteiger partial charge is 0.221 e. The number of nitrogens with one attached hydrogen (secondary N) is 2. The first-order valence-electron chi connectivity index (χ1n) is 6.57. The molecule has 1 amide bonds. The Balaban J connectivity index is 2.88. The first kappa shape index (κ1) is 15.5. The van der Waals surface area contributed by atoms with Crippen LogP contribution >= 0.6 is 0 Å². The van der Waals surface area contributed by atoms with E-state index in [0.29, 0.717) is 12.5 Å². The molecule has 0 aliphatic carbocycles. The highest BCUT2D eigenvalue weighted by Crippen LogP contribution is 2.22. The Morgan fingerprint density at radius 1 is 1.37 bits per heavy atom. The Kier molecular flexibility index (Phi) is 5.83. The molecule has 0 spiro atoms. The van der Waals surface area contributed by atoms with E-state index in [4.69, 9.17) is 4.74 Å². The number of methoxy groups -OCH3 is 1. The molecule has 1 rings (SSSR count). The summed E-state index contributed by atoms with van der Waals surface area (Å²) < 4.78 is 5.24. The molecule has 2 N–H and O–H groups in total. The highest BCUT2D eigenvalue weighted by Gasteiger charge is 2.14. The maximum atomic E-state index is 11.1. The van der Waals surface area contributed by atoms with Crippen molar-refractivity contribution in [3.8, 4) is 0 Å². The maximum Gasteiger partial charge on any atom is 0.221 e. The van der Waals surface area contributed by atoms with E-state index in [1.54, 1.807) is 7.11 Å². The van der Waals surface area contributed by atoms with Crippen LogP contribution in [0.4, 0.5) is 11.4 Å². The molecule has 4 heteroatoms. The molecule has 1 unspecified atom stereocenters. The van der Waals surface area contributed by atoms with Crippen LogP contribution in [0.5, 0.6) is 0 Å². The monoisotopic (exact) mass is 264 g/mol. The first-order valence-corrected chi connectivity index (χ1v) is 6.57.